The lowest BCUT2D eigenvalue weighted by Crippen LogP contribution is -2.32. The summed E-state index contributed by atoms with van der Waals surface area (Å²) in [4.78, 5) is 3.69. The highest BCUT2D eigenvalue weighted by Crippen LogP contribution is 2.15. The van der Waals surface area contributed by atoms with Crippen LogP contribution in [-0.4, -0.2) is 29.3 Å². The molecule has 0 aliphatic carbocycles. The van der Waals surface area contributed by atoms with E-state index in [9.17, 15) is 0 Å². The number of pyridine rings is 1. The van der Waals surface area contributed by atoms with Crippen LogP contribution in [0, 0.1) is 0 Å². The van der Waals surface area contributed by atoms with Gasteiger partial charge >= 0.3 is 7.12 Å². The molecule has 5 nitrogen and oxygen atoms in total. The molecule has 1 aromatic heterocycles. The molecule has 0 spiro atoms. The van der Waals surface area contributed by atoms with Crippen molar-refractivity contribution in [3.05, 3.63) is 12.4 Å². The van der Waals surface area contributed by atoms with Gasteiger partial charge in [0, 0.05) is 11.7 Å². The number of nitrogen functional groups attached to an aromatic ring is 1. The van der Waals surface area contributed by atoms with Gasteiger partial charge in [0.05, 0.1) is 19.0 Å². The standard InChI is InChI=1S/C6H9BN2O3/c1-12-6-4(7(10)11)2-9-3-5(6)8/h2-3,10-11H,8H2,1H3. The highest BCUT2D eigenvalue weighted by atomic mass is 16.5. The molecule has 0 radical (unpaired) electrons. The third kappa shape index (κ3) is 1.49. The Morgan fingerprint density at radius 1 is 1.50 bits per heavy atom. The Morgan fingerprint density at radius 3 is 2.58 bits per heavy atom. The number of aromatic nitrogens is 1. The van der Waals surface area contributed by atoms with Gasteiger partial charge in [0.15, 0.2) is 0 Å². The molecule has 1 heterocycles. The van der Waals surface area contributed by atoms with Gasteiger partial charge in [0.25, 0.3) is 0 Å². The molecule has 1 aromatic rings. The van der Waals surface area contributed by atoms with Crippen LogP contribution in [0.25, 0.3) is 0 Å². The van der Waals surface area contributed by atoms with Crippen molar-refractivity contribution in [3.63, 3.8) is 0 Å². The summed E-state index contributed by atoms with van der Waals surface area (Å²) in [6, 6.07) is 0. The van der Waals surface area contributed by atoms with Crippen LogP contribution in [0.2, 0.25) is 0 Å². The minimum atomic E-state index is -1.61. The minimum absolute atomic E-state index is 0.164. The zero-order chi connectivity index (χ0) is 9.14. The summed E-state index contributed by atoms with van der Waals surface area (Å²) in [6.07, 6.45) is 2.67. The molecule has 0 aliphatic heterocycles. The first kappa shape index (κ1) is 8.83. The van der Waals surface area contributed by atoms with Crippen LogP contribution in [0.5, 0.6) is 5.75 Å². The molecule has 0 fully saturated rings. The fourth-order valence-corrected chi connectivity index (χ4v) is 0.901. The average molecular weight is 168 g/mol. The van der Waals surface area contributed by atoms with Crippen molar-refractivity contribution in [1.29, 1.82) is 0 Å². The van der Waals surface area contributed by atoms with Crippen LogP contribution in [0.3, 0.4) is 0 Å². The van der Waals surface area contributed by atoms with Gasteiger partial charge in [-0.1, -0.05) is 0 Å². The van der Waals surface area contributed by atoms with E-state index in [1.54, 1.807) is 0 Å². The first-order chi connectivity index (χ1) is 5.66. The number of ether oxygens (including phenoxy) is 1. The second-order valence-electron chi connectivity index (χ2n) is 2.22. The third-order valence-corrected chi connectivity index (χ3v) is 1.43. The zero-order valence-electron chi connectivity index (χ0n) is 6.56. The highest BCUT2D eigenvalue weighted by molar-refractivity contribution is 6.59. The van der Waals surface area contributed by atoms with Crippen molar-refractivity contribution in [2.75, 3.05) is 12.8 Å². The molecule has 12 heavy (non-hydrogen) atoms. The predicted octanol–water partition coefficient (Wildman–Crippen LogP) is -1.65. The maximum absolute atomic E-state index is 8.84. The van der Waals surface area contributed by atoms with Crippen LogP contribution >= 0.6 is 0 Å². The van der Waals surface area contributed by atoms with Gasteiger partial charge < -0.3 is 20.5 Å². The van der Waals surface area contributed by atoms with Crippen molar-refractivity contribution in [1.82, 2.24) is 4.98 Å². The smallest absolute Gasteiger partial charge is 0.493 e. The molecular formula is C6H9BN2O3. The summed E-state index contributed by atoms with van der Waals surface area (Å²) in [5.41, 5.74) is 5.90. The Bertz CT molecular complexity index is 279. The number of nitrogens with two attached hydrogens (primary N) is 1. The topological polar surface area (TPSA) is 88.6 Å². The van der Waals surface area contributed by atoms with Gasteiger partial charge in [-0.3, -0.25) is 4.98 Å². The molecular weight excluding hydrogens is 159 g/mol. The Morgan fingerprint density at radius 2 is 2.17 bits per heavy atom. The molecule has 0 unspecified atom stereocenters. The van der Waals surface area contributed by atoms with Crippen molar-refractivity contribution in [3.8, 4) is 5.75 Å². The van der Waals surface area contributed by atoms with E-state index >= 15 is 0 Å². The molecule has 0 saturated carbocycles. The summed E-state index contributed by atoms with van der Waals surface area (Å²) < 4.78 is 4.85. The molecule has 64 valence electrons. The van der Waals surface area contributed by atoms with Crippen molar-refractivity contribution >= 4 is 18.3 Å². The third-order valence-electron chi connectivity index (χ3n) is 1.43. The largest absolute Gasteiger partial charge is 0.495 e. The normalized spacial score (nSPS) is 9.58. The first-order valence-electron chi connectivity index (χ1n) is 3.30. The van der Waals surface area contributed by atoms with Crippen LogP contribution in [0.4, 0.5) is 5.69 Å². The average Bonchev–Trinajstić information content (AvgIpc) is 2.03. The summed E-state index contributed by atoms with van der Waals surface area (Å²) in [5, 5.41) is 17.7. The maximum atomic E-state index is 8.84. The number of anilines is 1. The van der Waals surface area contributed by atoms with E-state index in [4.69, 9.17) is 20.5 Å². The molecule has 0 saturated heterocycles. The lowest BCUT2D eigenvalue weighted by molar-refractivity contribution is 0.404. The lowest BCUT2D eigenvalue weighted by Gasteiger charge is -2.08. The van der Waals surface area contributed by atoms with Crippen LogP contribution in [0.1, 0.15) is 0 Å². The van der Waals surface area contributed by atoms with Gasteiger partial charge in [0.2, 0.25) is 0 Å². The molecule has 4 N–H and O–H groups in total. The summed E-state index contributed by atoms with van der Waals surface area (Å²) >= 11 is 0. The second-order valence-corrected chi connectivity index (χ2v) is 2.22. The summed E-state index contributed by atoms with van der Waals surface area (Å²) in [6.45, 7) is 0. The van der Waals surface area contributed by atoms with Gasteiger partial charge in [0.1, 0.15) is 5.75 Å². The molecule has 0 atom stereocenters. The summed E-state index contributed by atoms with van der Waals surface area (Å²) in [7, 11) is -0.214. The fraction of sp³-hybridized carbons (Fsp3) is 0.167. The predicted molar refractivity (Wildman–Crippen MR) is 45.0 cm³/mol. The Hall–Kier alpha value is -1.27. The van der Waals surface area contributed by atoms with Crippen molar-refractivity contribution in [2.24, 2.45) is 0 Å². The Balaban J connectivity index is 3.18. The number of rotatable bonds is 2. The van der Waals surface area contributed by atoms with E-state index in [1.165, 1.54) is 19.5 Å². The van der Waals surface area contributed by atoms with E-state index < -0.39 is 7.12 Å². The quantitative estimate of drug-likeness (QED) is 0.460. The second kappa shape index (κ2) is 3.42. The SMILES string of the molecule is COc1c(N)cncc1B(O)O. The van der Waals surface area contributed by atoms with Gasteiger partial charge in [-0.15, -0.1) is 0 Å². The minimum Gasteiger partial charge on any atom is -0.495 e. The maximum Gasteiger partial charge on any atom is 0.493 e. The molecule has 0 aliphatic rings. The van der Waals surface area contributed by atoms with Crippen LogP contribution < -0.4 is 15.9 Å². The molecule has 0 bridgehead atoms. The number of nitrogens with zero attached hydrogens (tertiary/aromatic N) is 1. The van der Waals surface area contributed by atoms with E-state index in [-0.39, 0.29) is 16.9 Å². The van der Waals surface area contributed by atoms with E-state index in [2.05, 4.69) is 4.98 Å². The molecule has 0 amide bonds. The molecule has 0 aromatic carbocycles. The van der Waals surface area contributed by atoms with Gasteiger partial charge in [-0.25, -0.2) is 0 Å². The first-order valence-corrected chi connectivity index (χ1v) is 3.30. The zero-order valence-corrected chi connectivity index (χ0v) is 6.56. The molecule has 6 heteroatoms. The van der Waals surface area contributed by atoms with Gasteiger partial charge in [-0.05, 0) is 0 Å². The fourth-order valence-electron chi connectivity index (χ4n) is 0.901. The van der Waals surface area contributed by atoms with Crippen LogP contribution in [0.15, 0.2) is 12.4 Å². The summed E-state index contributed by atoms with van der Waals surface area (Å²) in [5.74, 6) is 0.250. The van der Waals surface area contributed by atoms with E-state index in [0.717, 1.165) is 0 Å². The Labute approximate surface area is 70.0 Å². The number of hydrogen-bond acceptors (Lipinski definition) is 5. The number of methoxy groups -OCH3 is 1. The Kier molecular flexibility index (Phi) is 2.52. The highest BCUT2D eigenvalue weighted by Gasteiger charge is 2.18. The van der Waals surface area contributed by atoms with Gasteiger partial charge in [-0.2, -0.15) is 0 Å². The van der Waals surface area contributed by atoms with Crippen molar-refractivity contribution in [2.45, 2.75) is 0 Å². The lowest BCUT2D eigenvalue weighted by atomic mass is 9.80. The molecule has 1 rings (SSSR count). The number of hydrogen-bond donors (Lipinski definition) is 3. The van der Waals surface area contributed by atoms with Crippen molar-refractivity contribution < 1.29 is 14.8 Å². The van der Waals surface area contributed by atoms with E-state index in [0.29, 0.717) is 0 Å². The van der Waals surface area contributed by atoms with E-state index in [1.807, 2.05) is 0 Å². The van der Waals surface area contributed by atoms with Crippen LogP contribution in [-0.2, 0) is 0 Å². The monoisotopic (exact) mass is 168 g/mol.